The van der Waals surface area contributed by atoms with Crippen LogP contribution in [0.25, 0.3) is 22.3 Å². The first-order valence-electron chi connectivity index (χ1n) is 12.0. The van der Waals surface area contributed by atoms with Crippen molar-refractivity contribution in [2.45, 2.75) is 51.9 Å². The Morgan fingerprint density at radius 1 is 1.10 bits per heavy atom. The Labute approximate surface area is 184 Å². The van der Waals surface area contributed by atoms with Gasteiger partial charge in [-0.2, -0.15) is 0 Å². The second kappa shape index (κ2) is 7.22. The van der Waals surface area contributed by atoms with Crippen LogP contribution in [0.3, 0.4) is 0 Å². The van der Waals surface area contributed by atoms with Crippen molar-refractivity contribution in [3.63, 3.8) is 0 Å². The lowest BCUT2D eigenvalue weighted by Gasteiger charge is -2.29. The zero-order valence-electron chi connectivity index (χ0n) is 18.4. The van der Waals surface area contributed by atoms with Crippen LogP contribution in [0.2, 0.25) is 0 Å². The summed E-state index contributed by atoms with van der Waals surface area (Å²) < 4.78 is 0. The van der Waals surface area contributed by atoms with Crippen molar-refractivity contribution in [3.8, 4) is 11.3 Å². The molecule has 1 aromatic carbocycles. The van der Waals surface area contributed by atoms with E-state index in [-0.39, 0.29) is 5.41 Å². The number of fused-ring (bicyclic) bond motifs is 2. The van der Waals surface area contributed by atoms with Crippen LogP contribution < -0.4 is 4.90 Å². The third-order valence-electron chi connectivity index (χ3n) is 8.41. The molecule has 2 aromatic heterocycles. The maximum atomic E-state index is 13.8. The number of hydrogen-bond acceptors (Lipinski definition) is 3. The quantitative estimate of drug-likeness (QED) is 0.516. The van der Waals surface area contributed by atoms with Crippen molar-refractivity contribution in [2.75, 3.05) is 18.0 Å². The topological polar surface area (TPSA) is 49.0 Å². The van der Waals surface area contributed by atoms with Crippen LogP contribution in [-0.4, -0.2) is 28.8 Å². The van der Waals surface area contributed by atoms with Crippen LogP contribution in [-0.2, 0) is 0 Å². The van der Waals surface area contributed by atoms with E-state index >= 15 is 0 Å². The highest BCUT2D eigenvalue weighted by molar-refractivity contribution is 6.09. The Morgan fingerprint density at radius 2 is 1.97 bits per heavy atom. The molecule has 6 rings (SSSR count). The van der Waals surface area contributed by atoms with Gasteiger partial charge in [0, 0.05) is 36.0 Å². The van der Waals surface area contributed by atoms with Crippen molar-refractivity contribution in [1.29, 1.82) is 0 Å². The number of carbonyl (C=O) groups excluding carboxylic acids is 1. The highest BCUT2D eigenvalue weighted by atomic mass is 16.1. The number of aromatic amines is 1. The van der Waals surface area contributed by atoms with Gasteiger partial charge in [0.15, 0.2) is 5.78 Å². The molecule has 1 saturated heterocycles. The minimum atomic E-state index is -0.232. The number of ketones is 1. The number of pyridine rings is 1. The zero-order valence-corrected chi connectivity index (χ0v) is 18.4. The zero-order chi connectivity index (χ0) is 21.0. The lowest BCUT2D eigenvalue weighted by atomic mass is 9.72. The van der Waals surface area contributed by atoms with Crippen LogP contribution in [0, 0.1) is 17.3 Å². The standard InChI is InChI=1S/C27H31N3O/c1-27(13-12-18-6-5-9-22(18)27)26(31)21-17-28-24-11-10-23(29-25(21)24)19-7-4-8-20(16-19)30-14-2-3-15-30/h4,7-8,10-11,16-18,22,28H,2-3,5-6,9,12-15H2,1H3/t18-,22-,27?/m0/s1. The minimum Gasteiger partial charge on any atom is -0.372 e. The Morgan fingerprint density at radius 3 is 2.84 bits per heavy atom. The third-order valence-corrected chi connectivity index (χ3v) is 8.41. The van der Waals surface area contributed by atoms with E-state index in [1.165, 1.54) is 44.2 Å². The summed E-state index contributed by atoms with van der Waals surface area (Å²) in [6.45, 7) is 4.48. The first kappa shape index (κ1) is 19.1. The molecule has 3 aliphatic rings. The molecule has 3 atom stereocenters. The lowest BCUT2D eigenvalue weighted by Crippen LogP contribution is -2.32. The average molecular weight is 414 g/mol. The Balaban J connectivity index is 1.37. The maximum absolute atomic E-state index is 13.8. The second-order valence-corrected chi connectivity index (χ2v) is 10.1. The molecule has 3 heterocycles. The molecule has 3 aromatic rings. The van der Waals surface area contributed by atoms with Crippen molar-refractivity contribution < 1.29 is 4.79 Å². The van der Waals surface area contributed by atoms with Gasteiger partial charge in [-0.3, -0.25) is 4.79 Å². The first-order chi connectivity index (χ1) is 15.1. The highest BCUT2D eigenvalue weighted by Crippen LogP contribution is 2.56. The third kappa shape index (κ3) is 3.02. The van der Waals surface area contributed by atoms with Gasteiger partial charge in [0.05, 0.1) is 22.3 Å². The molecule has 4 heteroatoms. The number of rotatable bonds is 4. The molecule has 1 N–H and O–H groups in total. The molecule has 0 radical (unpaired) electrons. The molecule has 1 unspecified atom stereocenters. The molecule has 31 heavy (non-hydrogen) atoms. The van der Waals surface area contributed by atoms with Gasteiger partial charge >= 0.3 is 0 Å². The van der Waals surface area contributed by atoms with Crippen molar-refractivity contribution >= 4 is 22.5 Å². The summed E-state index contributed by atoms with van der Waals surface area (Å²) in [6.07, 6.45) is 10.4. The summed E-state index contributed by atoms with van der Waals surface area (Å²) in [5.41, 5.74) is 5.66. The molecule has 160 valence electrons. The first-order valence-corrected chi connectivity index (χ1v) is 12.0. The van der Waals surface area contributed by atoms with Crippen LogP contribution in [0.15, 0.2) is 42.6 Å². The smallest absolute Gasteiger partial charge is 0.172 e. The number of carbonyl (C=O) groups is 1. The SMILES string of the molecule is CC1(C(=O)c2c[nH]c3ccc(-c4cccc(N5CCCC5)c4)nc23)CC[C@@H]2CCC[C@@H]21. The summed E-state index contributed by atoms with van der Waals surface area (Å²) in [5.74, 6) is 1.59. The fourth-order valence-electron chi connectivity index (χ4n) is 6.65. The fourth-order valence-corrected chi connectivity index (χ4v) is 6.65. The molecule has 3 fully saturated rings. The molecule has 0 bridgehead atoms. The Bertz CT molecular complexity index is 1140. The normalized spacial score (nSPS) is 27.8. The monoisotopic (exact) mass is 413 g/mol. The van der Waals surface area contributed by atoms with Crippen molar-refractivity contribution in [1.82, 2.24) is 9.97 Å². The molecule has 0 spiro atoms. The van der Waals surface area contributed by atoms with E-state index in [0.717, 1.165) is 53.3 Å². The number of nitrogens with one attached hydrogen (secondary N) is 1. The Hall–Kier alpha value is -2.62. The highest BCUT2D eigenvalue weighted by Gasteiger charge is 2.51. The van der Waals surface area contributed by atoms with E-state index in [0.29, 0.717) is 11.7 Å². The van der Waals surface area contributed by atoms with Crippen LogP contribution in [0.5, 0.6) is 0 Å². The van der Waals surface area contributed by atoms with Gasteiger partial charge in [0.1, 0.15) is 0 Å². The number of hydrogen-bond donors (Lipinski definition) is 1. The number of H-pyrrole nitrogens is 1. The Kier molecular flexibility index (Phi) is 4.45. The van der Waals surface area contributed by atoms with Gasteiger partial charge in [0.25, 0.3) is 0 Å². The maximum Gasteiger partial charge on any atom is 0.172 e. The second-order valence-electron chi connectivity index (χ2n) is 10.1. The van der Waals surface area contributed by atoms with Gasteiger partial charge in [-0.15, -0.1) is 0 Å². The van der Waals surface area contributed by atoms with Gasteiger partial charge in [-0.05, 0) is 68.2 Å². The molecule has 4 nitrogen and oxygen atoms in total. The number of nitrogens with zero attached hydrogens (tertiary/aromatic N) is 2. The van der Waals surface area contributed by atoms with Gasteiger partial charge in [-0.1, -0.05) is 31.9 Å². The van der Waals surface area contributed by atoms with E-state index in [1.54, 1.807) is 0 Å². The van der Waals surface area contributed by atoms with E-state index in [4.69, 9.17) is 4.98 Å². The lowest BCUT2D eigenvalue weighted by molar-refractivity contribution is 0.0742. The minimum absolute atomic E-state index is 0.232. The van der Waals surface area contributed by atoms with Gasteiger partial charge in [-0.25, -0.2) is 4.98 Å². The molecule has 2 saturated carbocycles. The van der Waals surface area contributed by atoms with E-state index in [9.17, 15) is 4.79 Å². The van der Waals surface area contributed by atoms with Gasteiger partial charge < -0.3 is 9.88 Å². The van der Waals surface area contributed by atoms with E-state index in [2.05, 4.69) is 53.2 Å². The average Bonchev–Trinajstić information content (AvgIpc) is 3.58. The van der Waals surface area contributed by atoms with Crippen LogP contribution >= 0.6 is 0 Å². The van der Waals surface area contributed by atoms with Crippen LogP contribution in [0.4, 0.5) is 5.69 Å². The summed E-state index contributed by atoms with van der Waals surface area (Å²) in [6, 6.07) is 12.8. The fraction of sp³-hybridized carbons (Fsp3) is 0.481. The number of Topliss-reactive ketones (excluding diaryl/α,β-unsaturated/α-hetero) is 1. The molecule has 1 aliphatic heterocycles. The summed E-state index contributed by atoms with van der Waals surface area (Å²) >= 11 is 0. The molecular formula is C27H31N3O. The number of benzene rings is 1. The summed E-state index contributed by atoms with van der Waals surface area (Å²) in [5, 5.41) is 0. The van der Waals surface area contributed by atoms with Gasteiger partial charge in [0.2, 0.25) is 0 Å². The number of anilines is 1. The van der Waals surface area contributed by atoms with Crippen molar-refractivity contribution in [3.05, 3.63) is 48.2 Å². The predicted molar refractivity (Wildman–Crippen MR) is 125 cm³/mol. The van der Waals surface area contributed by atoms with Crippen molar-refractivity contribution in [2.24, 2.45) is 17.3 Å². The summed E-state index contributed by atoms with van der Waals surface area (Å²) in [4.78, 5) is 24.6. The molecular weight excluding hydrogens is 382 g/mol. The number of aromatic nitrogens is 2. The molecule has 0 amide bonds. The van der Waals surface area contributed by atoms with Crippen LogP contribution in [0.1, 0.15) is 62.2 Å². The van der Waals surface area contributed by atoms with E-state index < -0.39 is 0 Å². The largest absolute Gasteiger partial charge is 0.372 e. The van der Waals surface area contributed by atoms with E-state index in [1.807, 2.05) is 6.20 Å². The predicted octanol–water partition coefficient (Wildman–Crippen LogP) is 6.23. The summed E-state index contributed by atoms with van der Waals surface area (Å²) in [7, 11) is 0. The molecule has 2 aliphatic carbocycles.